The van der Waals surface area contributed by atoms with E-state index in [9.17, 15) is 4.79 Å². The van der Waals surface area contributed by atoms with Crippen molar-refractivity contribution in [3.63, 3.8) is 0 Å². The zero-order valence-corrected chi connectivity index (χ0v) is 13.6. The van der Waals surface area contributed by atoms with Crippen molar-refractivity contribution in [2.45, 2.75) is 25.8 Å². The number of rotatable bonds is 5. The molecule has 0 spiro atoms. The summed E-state index contributed by atoms with van der Waals surface area (Å²) in [7, 11) is 0. The standard InChI is InChI=1S/C15H17BrN2OS/c1-2-4-13(14-5-3-8-20-14)18-15(19)11-9-10(16)6-7-12(11)17/h3,5-9,13H,2,4,17H2,1H3,(H,18,19). The van der Waals surface area contributed by atoms with Crippen molar-refractivity contribution in [3.8, 4) is 0 Å². The second kappa shape index (κ2) is 6.90. The molecule has 0 aliphatic carbocycles. The normalized spacial score (nSPS) is 12.1. The maximum absolute atomic E-state index is 12.4. The van der Waals surface area contributed by atoms with Gasteiger partial charge in [0.2, 0.25) is 0 Å². The van der Waals surface area contributed by atoms with Crippen LogP contribution in [-0.2, 0) is 0 Å². The van der Waals surface area contributed by atoms with Gasteiger partial charge in [-0.1, -0.05) is 35.3 Å². The number of anilines is 1. The smallest absolute Gasteiger partial charge is 0.253 e. The number of halogens is 1. The molecule has 5 heteroatoms. The molecular formula is C15H17BrN2OS. The van der Waals surface area contributed by atoms with Crippen LogP contribution in [0.5, 0.6) is 0 Å². The maximum Gasteiger partial charge on any atom is 0.253 e. The molecule has 1 heterocycles. The molecule has 0 saturated carbocycles. The summed E-state index contributed by atoms with van der Waals surface area (Å²) < 4.78 is 0.847. The molecule has 2 aromatic rings. The molecule has 1 aromatic carbocycles. The molecule has 20 heavy (non-hydrogen) atoms. The molecule has 3 nitrogen and oxygen atoms in total. The van der Waals surface area contributed by atoms with E-state index in [1.54, 1.807) is 23.5 Å². The van der Waals surface area contributed by atoms with E-state index >= 15 is 0 Å². The molecule has 1 atom stereocenters. The highest BCUT2D eigenvalue weighted by Crippen LogP contribution is 2.25. The van der Waals surface area contributed by atoms with Crippen LogP contribution in [0, 0.1) is 0 Å². The number of nitrogen functional groups attached to an aromatic ring is 1. The second-order valence-electron chi connectivity index (χ2n) is 4.56. The van der Waals surface area contributed by atoms with Crippen LogP contribution in [0.3, 0.4) is 0 Å². The van der Waals surface area contributed by atoms with Gasteiger partial charge >= 0.3 is 0 Å². The summed E-state index contributed by atoms with van der Waals surface area (Å²) in [6.45, 7) is 2.11. The number of benzene rings is 1. The summed E-state index contributed by atoms with van der Waals surface area (Å²) in [6.07, 6.45) is 1.93. The van der Waals surface area contributed by atoms with Gasteiger partial charge in [0.05, 0.1) is 11.6 Å². The molecule has 0 bridgehead atoms. The molecule has 1 unspecified atom stereocenters. The number of nitrogens with one attached hydrogen (secondary N) is 1. The Morgan fingerprint density at radius 2 is 2.25 bits per heavy atom. The quantitative estimate of drug-likeness (QED) is 0.785. The Kier molecular flexibility index (Phi) is 5.20. The van der Waals surface area contributed by atoms with Crippen LogP contribution in [0.2, 0.25) is 0 Å². The van der Waals surface area contributed by atoms with Gasteiger partial charge in [0.25, 0.3) is 5.91 Å². The highest BCUT2D eigenvalue weighted by molar-refractivity contribution is 9.10. The highest BCUT2D eigenvalue weighted by atomic mass is 79.9. The first-order valence-corrected chi connectivity index (χ1v) is 8.18. The van der Waals surface area contributed by atoms with Crippen molar-refractivity contribution in [1.82, 2.24) is 5.32 Å². The predicted molar refractivity (Wildman–Crippen MR) is 88.0 cm³/mol. The van der Waals surface area contributed by atoms with Crippen LogP contribution in [0.15, 0.2) is 40.2 Å². The van der Waals surface area contributed by atoms with Crippen LogP contribution >= 0.6 is 27.3 Å². The van der Waals surface area contributed by atoms with Gasteiger partial charge in [-0.25, -0.2) is 0 Å². The van der Waals surface area contributed by atoms with Crippen LogP contribution < -0.4 is 11.1 Å². The van der Waals surface area contributed by atoms with Gasteiger partial charge in [-0.05, 0) is 36.1 Å². The minimum Gasteiger partial charge on any atom is -0.398 e. The number of carbonyl (C=O) groups is 1. The fourth-order valence-corrected chi connectivity index (χ4v) is 3.20. The van der Waals surface area contributed by atoms with Gasteiger partial charge in [0.15, 0.2) is 0 Å². The third kappa shape index (κ3) is 3.61. The summed E-state index contributed by atoms with van der Waals surface area (Å²) in [5.41, 5.74) is 6.88. The molecule has 106 valence electrons. The van der Waals surface area contributed by atoms with Gasteiger partial charge in [-0.3, -0.25) is 4.79 Å². The molecule has 0 aliphatic rings. The van der Waals surface area contributed by atoms with E-state index in [-0.39, 0.29) is 11.9 Å². The van der Waals surface area contributed by atoms with E-state index in [1.807, 2.05) is 17.5 Å². The minimum atomic E-state index is -0.129. The Bertz CT molecular complexity index is 584. The summed E-state index contributed by atoms with van der Waals surface area (Å²) >= 11 is 5.03. The third-order valence-corrected chi connectivity index (χ3v) is 4.51. The number of hydrogen-bond acceptors (Lipinski definition) is 3. The van der Waals surface area contributed by atoms with Gasteiger partial charge < -0.3 is 11.1 Å². The lowest BCUT2D eigenvalue weighted by atomic mass is 10.1. The van der Waals surface area contributed by atoms with Crippen LogP contribution in [-0.4, -0.2) is 5.91 Å². The van der Waals surface area contributed by atoms with Crippen LogP contribution in [0.1, 0.15) is 41.0 Å². The van der Waals surface area contributed by atoms with E-state index in [1.165, 1.54) is 4.88 Å². The molecule has 0 saturated heterocycles. The number of nitrogens with two attached hydrogens (primary N) is 1. The molecule has 1 amide bonds. The molecular weight excluding hydrogens is 336 g/mol. The van der Waals surface area contributed by atoms with Crippen molar-refractivity contribution in [2.75, 3.05) is 5.73 Å². The number of amides is 1. The average molecular weight is 353 g/mol. The summed E-state index contributed by atoms with van der Waals surface area (Å²) in [6, 6.07) is 9.42. The maximum atomic E-state index is 12.4. The van der Waals surface area contributed by atoms with Crippen molar-refractivity contribution < 1.29 is 4.79 Å². The topological polar surface area (TPSA) is 55.1 Å². The minimum absolute atomic E-state index is 0.0471. The Morgan fingerprint density at radius 1 is 1.45 bits per heavy atom. The van der Waals surface area contributed by atoms with Crippen LogP contribution in [0.4, 0.5) is 5.69 Å². The molecule has 2 rings (SSSR count). The number of thiophene rings is 1. The largest absolute Gasteiger partial charge is 0.398 e. The fraction of sp³-hybridized carbons (Fsp3) is 0.267. The predicted octanol–water partition coefficient (Wildman–Crippen LogP) is 4.36. The summed E-state index contributed by atoms with van der Waals surface area (Å²) in [5, 5.41) is 5.10. The lowest BCUT2D eigenvalue weighted by Gasteiger charge is -2.17. The Balaban J connectivity index is 2.18. The molecule has 0 radical (unpaired) electrons. The van der Waals surface area contributed by atoms with Crippen molar-refractivity contribution in [1.29, 1.82) is 0 Å². The van der Waals surface area contributed by atoms with Gasteiger partial charge in [-0.15, -0.1) is 11.3 Å². The van der Waals surface area contributed by atoms with Gasteiger partial charge in [-0.2, -0.15) is 0 Å². The van der Waals surface area contributed by atoms with E-state index in [0.717, 1.165) is 17.3 Å². The lowest BCUT2D eigenvalue weighted by Crippen LogP contribution is -2.28. The third-order valence-electron chi connectivity index (χ3n) is 3.03. The van der Waals surface area contributed by atoms with Gasteiger partial charge in [0.1, 0.15) is 0 Å². The lowest BCUT2D eigenvalue weighted by molar-refractivity contribution is 0.0936. The van der Waals surface area contributed by atoms with Crippen molar-refractivity contribution >= 4 is 38.9 Å². The molecule has 0 aliphatic heterocycles. The Morgan fingerprint density at radius 3 is 2.90 bits per heavy atom. The number of hydrogen-bond donors (Lipinski definition) is 2. The fourth-order valence-electron chi connectivity index (χ4n) is 2.02. The zero-order chi connectivity index (χ0) is 14.5. The monoisotopic (exact) mass is 352 g/mol. The Labute approximate surface area is 131 Å². The van der Waals surface area contributed by atoms with E-state index < -0.39 is 0 Å². The van der Waals surface area contributed by atoms with E-state index in [2.05, 4.69) is 34.2 Å². The Hall–Kier alpha value is -1.33. The first-order chi connectivity index (χ1) is 9.61. The van der Waals surface area contributed by atoms with Crippen molar-refractivity contribution in [3.05, 3.63) is 50.6 Å². The van der Waals surface area contributed by atoms with E-state index in [4.69, 9.17) is 5.73 Å². The van der Waals surface area contributed by atoms with Crippen molar-refractivity contribution in [2.24, 2.45) is 0 Å². The first kappa shape index (κ1) is 15.1. The number of carbonyl (C=O) groups excluding carboxylic acids is 1. The molecule has 3 N–H and O–H groups in total. The molecule has 0 fully saturated rings. The SMILES string of the molecule is CCCC(NC(=O)c1cc(Br)ccc1N)c1cccs1. The summed E-state index contributed by atoms with van der Waals surface area (Å²) in [5.74, 6) is -0.129. The highest BCUT2D eigenvalue weighted by Gasteiger charge is 2.17. The average Bonchev–Trinajstić information content (AvgIpc) is 2.95. The summed E-state index contributed by atoms with van der Waals surface area (Å²) in [4.78, 5) is 13.6. The van der Waals surface area contributed by atoms with Gasteiger partial charge in [0, 0.05) is 15.0 Å². The van der Waals surface area contributed by atoms with Crippen LogP contribution in [0.25, 0.3) is 0 Å². The zero-order valence-electron chi connectivity index (χ0n) is 11.2. The second-order valence-corrected chi connectivity index (χ2v) is 6.46. The first-order valence-electron chi connectivity index (χ1n) is 6.51. The molecule has 1 aromatic heterocycles. The van der Waals surface area contributed by atoms with E-state index in [0.29, 0.717) is 11.3 Å².